The molecule has 0 saturated heterocycles. The standard InChI is InChI=1S/C22H36O5/c1-4-5-9-16-20(24)22(26)18(2)13-10-7-6-8-11-14-19(23)15-12-17-21(25)27-3/h6-8,10-11,13-14,19-20,22-24,26H,4-5,9,12,15-17H2,1-3H3/b8-6-,10-7+,14-11+,18-13+/t19-,20-,22-/m1/s1. The largest absolute Gasteiger partial charge is 0.469 e. The van der Waals surface area contributed by atoms with E-state index in [2.05, 4.69) is 11.7 Å². The third-order valence-electron chi connectivity index (χ3n) is 4.18. The number of unbranched alkanes of at least 4 members (excludes halogenated alkanes) is 2. The molecule has 0 radical (unpaired) electrons. The van der Waals surface area contributed by atoms with Crippen LogP contribution in [-0.4, -0.2) is 46.7 Å². The Labute approximate surface area is 163 Å². The zero-order valence-electron chi connectivity index (χ0n) is 16.9. The summed E-state index contributed by atoms with van der Waals surface area (Å²) in [5.74, 6) is -0.266. The van der Waals surface area contributed by atoms with Gasteiger partial charge in [-0.3, -0.25) is 4.79 Å². The van der Waals surface area contributed by atoms with Crippen molar-refractivity contribution in [2.75, 3.05) is 7.11 Å². The maximum absolute atomic E-state index is 11.0. The van der Waals surface area contributed by atoms with Gasteiger partial charge in [-0.1, -0.05) is 68.7 Å². The van der Waals surface area contributed by atoms with E-state index >= 15 is 0 Å². The van der Waals surface area contributed by atoms with Crippen molar-refractivity contribution < 1.29 is 24.9 Å². The molecule has 0 aromatic heterocycles. The predicted molar refractivity (Wildman–Crippen MR) is 109 cm³/mol. The minimum atomic E-state index is -0.837. The molecule has 0 amide bonds. The highest BCUT2D eigenvalue weighted by Crippen LogP contribution is 2.13. The van der Waals surface area contributed by atoms with Crippen LogP contribution in [0.2, 0.25) is 0 Å². The molecule has 0 bridgehead atoms. The van der Waals surface area contributed by atoms with Crippen LogP contribution in [0.4, 0.5) is 0 Å². The van der Waals surface area contributed by atoms with Crippen LogP contribution in [0.3, 0.4) is 0 Å². The molecule has 0 saturated carbocycles. The molecule has 0 aliphatic rings. The average molecular weight is 381 g/mol. The summed E-state index contributed by atoms with van der Waals surface area (Å²) in [6, 6.07) is 0. The zero-order chi connectivity index (χ0) is 20.5. The molecule has 0 unspecified atom stereocenters. The van der Waals surface area contributed by atoms with Crippen LogP contribution in [0.5, 0.6) is 0 Å². The fraction of sp³-hybridized carbons (Fsp3) is 0.591. The molecule has 0 rings (SSSR count). The molecule has 0 spiro atoms. The molecule has 0 aromatic carbocycles. The molecule has 3 N–H and O–H groups in total. The van der Waals surface area contributed by atoms with Gasteiger partial charge in [0, 0.05) is 6.42 Å². The van der Waals surface area contributed by atoms with E-state index in [1.54, 1.807) is 37.3 Å². The van der Waals surface area contributed by atoms with Gasteiger partial charge in [-0.15, -0.1) is 0 Å². The zero-order valence-corrected chi connectivity index (χ0v) is 16.9. The van der Waals surface area contributed by atoms with Crippen LogP contribution < -0.4 is 0 Å². The maximum Gasteiger partial charge on any atom is 0.305 e. The third kappa shape index (κ3) is 14.1. The van der Waals surface area contributed by atoms with E-state index in [9.17, 15) is 20.1 Å². The normalized spacial score (nSPS) is 16.3. The topological polar surface area (TPSA) is 87.0 Å². The highest BCUT2D eigenvalue weighted by atomic mass is 16.5. The molecule has 0 aliphatic carbocycles. The first-order valence-electron chi connectivity index (χ1n) is 9.71. The van der Waals surface area contributed by atoms with E-state index in [1.165, 1.54) is 7.11 Å². The van der Waals surface area contributed by atoms with Gasteiger partial charge in [0.1, 0.15) is 6.10 Å². The fourth-order valence-electron chi connectivity index (χ4n) is 2.41. The quantitative estimate of drug-likeness (QED) is 0.243. The van der Waals surface area contributed by atoms with Gasteiger partial charge in [0.2, 0.25) is 0 Å². The molecule has 5 heteroatoms. The summed E-state index contributed by atoms with van der Waals surface area (Å²) in [7, 11) is 1.35. The lowest BCUT2D eigenvalue weighted by atomic mass is 10.0. The lowest BCUT2D eigenvalue weighted by molar-refractivity contribution is -0.140. The first kappa shape index (κ1) is 25.3. The van der Waals surface area contributed by atoms with E-state index in [4.69, 9.17) is 0 Å². The van der Waals surface area contributed by atoms with E-state index < -0.39 is 18.3 Å². The summed E-state index contributed by atoms with van der Waals surface area (Å²) in [6.07, 6.45) is 15.3. The number of hydrogen-bond donors (Lipinski definition) is 3. The van der Waals surface area contributed by atoms with Crippen LogP contribution in [0.15, 0.2) is 48.1 Å². The fourth-order valence-corrected chi connectivity index (χ4v) is 2.41. The Morgan fingerprint density at radius 1 is 0.963 bits per heavy atom. The molecular weight excluding hydrogens is 344 g/mol. The smallest absolute Gasteiger partial charge is 0.305 e. The molecule has 27 heavy (non-hydrogen) atoms. The Balaban J connectivity index is 4.16. The van der Waals surface area contributed by atoms with Crippen molar-refractivity contribution in [2.45, 2.75) is 77.1 Å². The van der Waals surface area contributed by atoms with Crippen LogP contribution in [0.1, 0.15) is 58.8 Å². The van der Waals surface area contributed by atoms with Crippen LogP contribution >= 0.6 is 0 Å². The Bertz CT molecular complexity index is 505. The molecule has 5 nitrogen and oxygen atoms in total. The number of rotatable bonds is 14. The number of aliphatic hydroxyl groups is 3. The first-order valence-corrected chi connectivity index (χ1v) is 9.71. The second kappa shape index (κ2) is 16.5. The molecular formula is C22H36O5. The van der Waals surface area contributed by atoms with E-state index in [-0.39, 0.29) is 5.97 Å². The van der Waals surface area contributed by atoms with Crippen LogP contribution in [-0.2, 0) is 9.53 Å². The second-order valence-corrected chi connectivity index (χ2v) is 6.61. The summed E-state index contributed by atoms with van der Waals surface area (Å²) in [6.45, 7) is 3.90. The summed E-state index contributed by atoms with van der Waals surface area (Å²) in [5.41, 5.74) is 0.722. The minimum absolute atomic E-state index is 0.266. The van der Waals surface area contributed by atoms with Crippen molar-refractivity contribution in [1.82, 2.24) is 0 Å². The Morgan fingerprint density at radius 2 is 1.63 bits per heavy atom. The van der Waals surface area contributed by atoms with Gasteiger partial charge in [-0.05, 0) is 31.8 Å². The van der Waals surface area contributed by atoms with Gasteiger partial charge in [0.25, 0.3) is 0 Å². The highest BCUT2D eigenvalue weighted by Gasteiger charge is 2.16. The number of methoxy groups -OCH3 is 1. The molecule has 0 aliphatic heterocycles. The SMILES string of the molecule is CCCCC[C@@H](O)[C@H](O)/C(C)=C/C=C/C=C\C=C\[C@@H](O)CCCC(=O)OC. The number of aliphatic hydroxyl groups excluding tert-OH is 3. The van der Waals surface area contributed by atoms with Gasteiger partial charge in [-0.2, -0.15) is 0 Å². The van der Waals surface area contributed by atoms with Gasteiger partial charge in [0.15, 0.2) is 0 Å². The van der Waals surface area contributed by atoms with Crippen LogP contribution in [0.25, 0.3) is 0 Å². The van der Waals surface area contributed by atoms with Crippen molar-refractivity contribution in [3.05, 3.63) is 48.1 Å². The van der Waals surface area contributed by atoms with Crippen molar-refractivity contribution in [3.63, 3.8) is 0 Å². The summed E-state index contributed by atoms with van der Waals surface area (Å²) in [4.78, 5) is 11.0. The molecule has 3 atom stereocenters. The lowest BCUT2D eigenvalue weighted by Crippen LogP contribution is -2.26. The van der Waals surface area contributed by atoms with Gasteiger partial charge in [-0.25, -0.2) is 0 Å². The maximum atomic E-state index is 11.0. The van der Waals surface area contributed by atoms with Crippen molar-refractivity contribution in [3.8, 4) is 0 Å². The van der Waals surface area contributed by atoms with Gasteiger partial charge >= 0.3 is 5.97 Å². The Morgan fingerprint density at radius 3 is 2.30 bits per heavy atom. The Hall–Kier alpha value is -1.69. The number of hydrogen-bond acceptors (Lipinski definition) is 5. The van der Waals surface area contributed by atoms with Gasteiger partial charge in [0.05, 0.1) is 19.3 Å². The first-order chi connectivity index (χ1) is 12.9. The molecule has 154 valence electrons. The van der Waals surface area contributed by atoms with Gasteiger partial charge < -0.3 is 20.1 Å². The van der Waals surface area contributed by atoms with E-state index in [0.717, 1.165) is 24.8 Å². The third-order valence-corrected chi connectivity index (χ3v) is 4.18. The number of allylic oxidation sites excluding steroid dienone is 6. The van der Waals surface area contributed by atoms with E-state index in [1.807, 2.05) is 12.2 Å². The molecule has 0 fully saturated rings. The minimum Gasteiger partial charge on any atom is -0.469 e. The summed E-state index contributed by atoms with van der Waals surface area (Å²) in [5, 5.41) is 29.8. The van der Waals surface area contributed by atoms with Crippen molar-refractivity contribution in [2.24, 2.45) is 0 Å². The number of carbonyl (C=O) groups is 1. The van der Waals surface area contributed by atoms with Crippen LogP contribution in [0, 0.1) is 0 Å². The summed E-state index contributed by atoms with van der Waals surface area (Å²) < 4.78 is 4.54. The monoisotopic (exact) mass is 380 g/mol. The highest BCUT2D eigenvalue weighted by molar-refractivity contribution is 5.68. The van der Waals surface area contributed by atoms with Crippen molar-refractivity contribution >= 4 is 5.97 Å². The number of esters is 1. The average Bonchev–Trinajstić information content (AvgIpc) is 2.66. The molecule has 0 heterocycles. The summed E-state index contributed by atoms with van der Waals surface area (Å²) >= 11 is 0. The number of carbonyl (C=O) groups excluding carboxylic acids is 1. The van der Waals surface area contributed by atoms with Crippen molar-refractivity contribution in [1.29, 1.82) is 0 Å². The predicted octanol–water partition coefficient (Wildman–Crippen LogP) is 3.61. The number of ether oxygens (including phenoxy) is 1. The Kier molecular flexibility index (Phi) is 15.4. The second-order valence-electron chi connectivity index (χ2n) is 6.61. The lowest BCUT2D eigenvalue weighted by Gasteiger charge is -2.18. The molecule has 0 aromatic rings. The van der Waals surface area contributed by atoms with E-state index in [0.29, 0.717) is 25.7 Å².